The van der Waals surface area contributed by atoms with Crippen molar-refractivity contribution in [1.82, 2.24) is 13.9 Å². The van der Waals surface area contributed by atoms with E-state index >= 15 is 0 Å². The van der Waals surface area contributed by atoms with E-state index in [0.29, 0.717) is 12.1 Å². The topological polar surface area (TPSA) is 72.3 Å². The normalized spacial score (nSPS) is 17.3. The molecule has 1 aliphatic rings. The van der Waals surface area contributed by atoms with Crippen LogP contribution in [0.3, 0.4) is 0 Å². The average Bonchev–Trinajstić information content (AvgIpc) is 3.07. The fraction of sp³-hybridized carbons (Fsp3) is 0.385. The van der Waals surface area contributed by atoms with Gasteiger partial charge in [-0.15, -0.1) is 11.3 Å². The molecule has 0 spiro atoms. The maximum absolute atomic E-state index is 12.4. The lowest BCUT2D eigenvalue weighted by molar-refractivity contribution is 0.0861. The van der Waals surface area contributed by atoms with Gasteiger partial charge in [-0.3, -0.25) is 4.79 Å². The standard InChI is InChI=1S/C13H15N3O3S2/c1-9-14-11(8-20-9)10-6-12(15(2)7-10)13(17)16-4-3-5-21(16,18)19/h6-8H,3-5H2,1-2H3. The van der Waals surface area contributed by atoms with E-state index in [4.69, 9.17) is 0 Å². The predicted molar refractivity (Wildman–Crippen MR) is 80.7 cm³/mol. The Morgan fingerprint density at radius 3 is 2.76 bits per heavy atom. The van der Waals surface area contributed by atoms with Crippen LogP contribution in [0, 0.1) is 6.92 Å². The van der Waals surface area contributed by atoms with E-state index in [1.807, 2.05) is 12.3 Å². The van der Waals surface area contributed by atoms with Crippen LogP contribution < -0.4 is 0 Å². The van der Waals surface area contributed by atoms with Crippen LogP contribution >= 0.6 is 11.3 Å². The third kappa shape index (κ3) is 2.49. The SMILES string of the molecule is Cc1nc(-c2cc(C(=O)N3CCCS3(=O)=O)n(C)c2)cs1. The Morgan fingerprint density at radius 2 is 2.19 bits per heavy atom. The number of amides is 1. The van der Waals surface area contributed by atoms with Crippen LogP contribution in [0.15, 0.2) is 17.6 Å². The van der Waals surface area contributed by atoms with E-state index in [0.717, 1.165) is 20.6 Å². The van der Waals surface area contributed by atoms with Gasteiger partial charge in [0, 0.05) is 30.7 Å². The number of aromatic nitrogens is 2. The smallest absolute Gasteiger partial charge is 0.283 e. The summed E-state index contributed by atoms with van der Waals surface area (Å²) in [5.41, 5.74) is 1.99. The Morgan fingerprint density at radius 1 is 1.43 bits per heavy atom. The lowest BCUT2D eigenvalue weighted by atomic mass is 10.2. The van der Waals surface area contributed by atoms with Gasteiger partial charge in [-0.05, 0) is 19.4 Å². The fourth-order valence-electron chi connectivity index (χ4n) is 2.41. The molecule has 0 radical (unpaired) electrons. The predicted octanol–water partition coefficient (Wildman–Crippen LogP) is 1.63. The zero-order valence-electron chi connectivity index (χ0n) is 11.7. The van der Waals surface area contributed by atoms with Gasteiger partial charge < -0.3 is 4.57 Å². The van der Waals surface area contributed by atoms with E-state index in [9.17, 15) is 13.2 Å². The average molecular weight is 325 g/mol. The number of sulfonamides is 1. The maximum Gasteiger partial charge on any atom is 0.283 e. The molecule has 21 heavy (non-hydrogen) atoms. The maximum atomic E-state index is 12.4. The van der Waals surface area contributed by atoms with Gasteiger partial charge in [0.15, 0.2) is 0 Å². The molecular weight excluding hydrogens is 310 g/mol. The third-order valence-corrected chi connectivity index (χ3v) is 6.06. The van der Waals surface area contributed by atoms with Crippen molar-refractivity contribution in [3.05, 3.63) is 28.3 Å². The van der Waals surface area contributed by atoms with E-state index < -0.39 is 15.9 Å². The molecule has 0 atom stereocenters. The highest BCUT2D eigenvalue weighted by atomic mass is 32.2. The minimum absolute atomic E-state index is 0.0430. The number of thiazole rings is 1. The molecule has 0 saturated carbocycles. The Kier molecular flexibility index (Phi) is 3.37. The van der Waals surface area contributed by atoms with Crippen molar-refractivity contribution in [3.63, 3.8) is 0 Å². The second kappa shape index (κ2) is 4.96. The van der Waals surface area contributed by atoms with Crippen LogP contribution in [0.4, 0.5) is 0 Å². The number of nitrogens with zero attached hydrogens (tertiary/aromatic N) is 3. The van der Waals surface area contributed by atoms with Gasteiger partial charge in [0.05, 0.1) is 16.5 Å². The van der Waals surface area contributed by atoms with E-state index in [2.05, 4.69) is 4.98 Å². The van der Waals surface area contributed by atoms with Crippen molar-refractivity contribution in [2.45, 2.75) is 13.3 Å². The molecule has 0 N–H and O–H groups in total. The summed E-state index contributed by atoms with van der Waals surface area (Å²) in [6.45, 7) is 2.18. The number of carbonyl (C=O) groups is 1. The minimum Gasteiger partial charge on any atom is -0.346 e. The van der Waals surface area contributed by atoms with Crippen molar-refractivity contribution >= 4 is 27.3 Å². The third-order valence-electron chi connectivity index (χ3n) is 3.46. The lowest BCUT2D eigenvalue weighted by Crippen LogP contribution is -2.33. The molecule has 3 rings (SSSR count). The molecule has 8 heteroatoms. The summed E-state index contributed by atoms with van der Waals surface area (Å²) >= 11 is 1.54. The van der Waals surface area contributed by atoms with Crippen LogP contribution in [-0.4, -0.2) is 40.5 Å². The first-order chi connectivity index (χ1) is 9.88. The summed E-state index contributed by atoms with van der Waals surface area (Å²) in [7, 11) is -1.71. The fourth-order valence-corrected chi connectivity index (χ4v) is 4.50. The van der Waals surface area contributed by atoms with Crippen LogP contribution in [0.25, 0.3) is 11.3 Å². The molecular formula is C13H15N3O3S2. The van der Waals surface area contributed by atoms with E-state index in [1.165, 1.54) is 11.3 Å². The highest BCUT2D eigenvalue weighted by Gasteiger charge is 2.34. The van der Waals surface area contributed by atoms with Gasteiger partial charge in [0.25, 0.3) is 5.91 Å². The van der Waals surface area contributed by atoms with Crippen molar-refractivity contribution < 1.29 is 13.2 Å². The summed E-state index contributed by atoms with van der Waals surface area (Å²) in [4.78, 5) is 16.8. The molecule has 2 aromatic heterocycles. The van der Waals surface area contributed by atoms with Crippen molar-refractivity contribution in [2.75, 3.05) is 12.3 Å². The second-order valence-electron chi connectivity index (χ2n) is 5.02. The number of hydrogen-bond acceptors (Lipinski definition) is 5. The number of carbonyl (C=O) groups excluding carboxylic acids is 1. The van der Waals surface area contributed by atoms with E-state index in [1.54, 1.807) is 23.9 Å². The number of hydrogen-bond donors (Lipinski definition) is 0. The molecule has 1 amide bonds. The molecule has 1 saturated heterocycles. The number of aryl methyl sites for hydroxylation is 2. The molecule has 0 bridgehead atoms. The molecule has 1 fully saturated rings. The van der Waals surface area contributed by atoms with Crippen molar-refractivity contribution in [2.24, 2.45) is 7.05 Å². The molecule has 1 aliphatic heterocycles. The Labute approximate surface area is 127 Å². The Hall–Kier alpha value is -1.67. The first-order valence-corrected chi connectivity index (χ1v) is 9.01. The van der Waals surface area contributed by atoms with Gasteiger partial charge in [0.2, 0.25) is 10.0 Å². The van der Waals surface area contributed by atoms with E-state index in [-0.39, 0.29) is 12.3 Å². The zero-order chi connectivity index (χ0) is 15.2. The first kappa shape index (κ1) is 14.3. The molecule has 0 aromatic carbocycles. The highest BCUT2D eigenvalue weighted by molar-refractivity contribution is 7.89. The molecule has 2 aromatic rings. The highest BCUT2D eigenvalue weighted by Crippen LogP contribution is 2.25. The van der Waals surface area contributed by atoms with Crippen molar-refractivity contribution in [3.8, 4) is 11.3 Å². The van der Waals surface area contributed by atoms with Crippen molar-refractivity contribution in [1.29, 1.82) is 0 Å². The molecule has 6 nitrogen and oxygen atoms in total. The lowest BCUT2D eigenvalue weighted by Gasteiger charge is -2.14. The monoisotopic (exact) mass is 325 g/mol. The molecule has 3 heterocycles. The Bertz CT molecular complexity index is 804. The Balaban J connectivity index is 1.96. The largest absolute Gasteiger partial charge is 0.346 e. The molecule has 0 aliphatic carbocycles. The van der Waals surface area contributed by atoms with Crippen LogP contribution in [0.2, 0.25) is 0 Å². The number of rotatable bonds is 2. The summed E-state index contributed by atoms with van der Waals surface area (Å²) < 4.78 is 26.3. The zero-order valence-corrected chi connectivity index (χ0v) is 13.4. The summed E-state index contributed by atoms with van der Waals surface area (Å²) in [6, 6.07) is 1.70. The quantitative estimate of drug-likeness (QED) is 0.841. The first-order valence-electron chi connectivity index (χ1n) is 6.52. The second-order valence-corrected chi connectivity index (χ2v) is 8.10. The summed E-state index contributed by atoms with van der Waals surface area (Å²) in [5.74, 6) is -0.422. The van der Waals surface area contributed by atoms with Crippen LogP contribution in [-0.2, 0) is 17.1 Å². The van der Waals surface area contributed by atoms with Gasteiger partial charge in [-0.1, -0.05) is 0 Å². The van der Waals surface area contributed by atoms with Crippen LogP contribution in [0.5, 0.6) is 0 Å². The van der Waals surface area contributed by atoms with Gasteiger partial charge in [0.1, 0.15) is 5.69 Å². The summed E-state index contributed by atoms with van der Waals surface area (Å²) in [6.07, 6.45) is 2.29. The summed E-state index contributed by atoms with van der Waals surface area (Å²) in [5, 5.41) is 2.87. The molecule has 112 valence electrons. The molecule has 0 unspecified atom stereocenters. The van der Waals surface area contributed by atoms with Crippen LogP contribution in [0.1, 0.15) is 21.9 Å². The van der Waals surface area contributed by atoms with Gasteiger partial charge in [-0.2, -0.15) is 0 Å². The van der Waals surface area contributed by atoms with Gasteiger partial charge in [-0.25, -0.2) is 17.7 Å². The van der Waals surface area contributed by atoms with Gasteiger partial charge >= 0.3 is 0 Å². The minimum atomic E-state index is -3.45.